The van der Waals surface area contributed by atoms with E-state index in [2.05, 4.69) is 11.8 Å². The summed E-state index contributed by atoms with van der Waals surface area (Å²) in [6.45, 7) is 4.44. The van der Waals surface area contributed by atoms with Crippen LogP contribution < -0.4 is 5.73 Å². The molecular weight excluding hydrogens is 184 g/mol. The Bertz CT molecular complexity index is 183. The molecule has 2 rings (SSSR count). The largest absolute Gasteiger partial charge is 0.330 e. The summed E-state index contributed by atoms with van der Waals surface area (Å²) in [5.41, 5.74) is 5.82. The highest BCUT2D eigenvalue weighted by Crippen LogP contribution is 2.35. The Morgan fingerprint density at radius 3 is 2.27 bits per heavy atom. The molecule has 2 saturated carbocycles. The van der Waals surface area contributed by atoms with Gasteiger partial charge in [-0.2, -0.15) is 0 Å². The molecule has 0 aliphatic heterocycles. The average molecular weight is 210 g/mol. The van der Waals surface area contributed by atoms with Gasteiger partial charge >= 0.3 is 0 Å². The second-order valence-corrected chi connectivity index (χ2v) is 5.26. The number of nitrogens with two attached hydrogens (primary N) is 1. The van der Waals surface area contributed by atoms with Gasteiger partial charge < -0.3 is 5.73 Å². The molecule has 0 heterocycles. The molecule has 2 atom stereocenters. The van der Waals surface area contributed by atoms with Gasteiger partial charge in [-0.15, -0.1) is 0 Å². The number of rotatable bonds is 4. The van der Waals surface area contributed by atoms with Crippen molar-refractivity contribution in [2.45, 2.75) is 64.0 Å². The maximum Gasteiger partial charge on any atom is 0.0138 e. The minimum atomic E-state index is 0.798. The summed E-state index contributed by atoms with van der Waals surface area (Å²) in [6, 6.07) is 1.70. The number of hydrogen-bond donors (Lipinski definition) is 1. The molecule has 2 heteroatoms. The van der Waals surface area contributed by atoms with E-state index >= 15 is 0 Å². The lowest BCUT2D eigenvalue weighted by molar-refractivity contribution is 0.0218. The van der Waals surface area contributed by atoms with Crippen LogP contribution in [0.15, 0.2) is 0 Å². The number of hydrogen-bond acceptors (Lipinski definition) is 2. The third-order valence-corrected chi connectivity index (χ3v) is 4.51. The van der Waals surface area contributed by atoms with E-state index in [0.717, 1.165) is 24.5 Å². The predicted octanol–water partition coefficient (Wildman–Crippen LogP) is 2.38. The molecule has 0 aromatic heterocycles. The van der Waals surface area contributed by atoms with Crippen LogP contribution in [0, 0.1) is 5.92 Å². The Kier molecular flexibility index (Phi) is 4.04. The molecule has 0 saturated heterocycles. The van der Waals surface area contributed by atoms with Crippen LogP contribution in [0.3, 0.4) is 0 Å². The third kappa shape index (κ3) is 2.36. The molecule has 2 N–H and O–H groups in total. The van der Waals surface area contributed by atoms with E-state index in [1.54, 1.807) is 0 Å². The second-order valence-electron chi connectivity index (χ2n) is 5.26. The molecule has 2 nitrogen and oxygen atoms in total. The van der Waals surface area contributed by atoms with Crippen LogP contribution in [0.1, 0.15) is 51.9 Å². The molecule has 0 bridgehead atoms. The highest BCUT2D eigenvalue weighted by atomic mass is 15.2. The Balaban J connectivity index is 1.90. The Labute approximate surface area is 94.2 Å². The van der Waals surface area contributed by atoms with Crippen LogP contribution in [0.2, 0.25) is 0 Å². The van der Waals surface area contributed by atoms with Gasteiger partial charge in [-0.3, -0.25) is 4.90 Å². The molecular formula is C13H26N2. The zero-order valence-electron chi connectivity index (χ0n) is 10.1. The van der Waals surface area contributed by atoms with E-state index in [-0.39, 0.29) is 0 Å². The molecule has 2 aliphatic carbocycles. The van der Waals surface area contributed by atoms with Crippen molar-refractivity contribution in [1.29, 1.82) is 0 Å². The van der Waals surface area contributed by atoms with Gasteiger partial charge in [-0.05, 0) is 44.7 Å². The summed E-state index contributed by atoms with van der Waals surface area (Å²) in [5, 5.41) is 0. The van der Waals surface area contributed by atoms with Gasteiger partial charge in [0, 0.05) is 12.1 Å². The van der Waals surface area contributed by atoms with Gasteiger partial charge in [0.05, 0.1) is 0 Å². The lowest BCUT2D eigenvalue weighted by Crippen LogP contribution is -2.54. The molecule has 2 fully saturated rings. The quantitative estimate of drug-likeness (QED) is 0.772. The first-order chi connectivity index (χ1) is 7.36. The van der Waals surface area contributed by atoms with Crippen molar-refractivity contribution in [3.05, 3.63) is 0 Å². The van der Waals surface area contributed by atoms with Crippen molar-refractivity contribution in [3.8, 4) is 0 Å². The third-order valence-electron chi connectivity index (χ3n) is 4.51. The van der Waals surface area contributed by atoms with Gasteiger partial charge in [-0.25, -0.2) is 0 Å². The Morgan fingerprint density at radius 1 is 1.07 bits per heavy atom. The summed E-state index contributed by atoms with van der Waals surface area (Å²) in [6.07, 6.45) is 9.97. The minimum absolute atomic E-state index is 0.798. The molecule has 88 valence electrons. The lowest BCUT2D eigenvalue weighted by atomic mass is 9.77. The molecule has 2 aliphatic rings. The van der Waals surface area contributed by atoms with Crippen LogP contribution in [-0.2, 0) is 0 Å². The van der Waals surface area contributed by atoms with Crippen LogP contribution >= 0.6 is 0 Å². The lowest BCUT2D eigenvalue weighted by Gasteiger charge is -2.48. The molecule has 0 spiro atoms. The van der Waals surface area contributed by atoms with Crippen molar-refractivity contribution in [2.75, 3.05) is 13.1 Å². The first-order valence-corrected chi connectivity index (χ1v) is 6.82. The van der Waals surface area contributed by atoms with Crippen molar-refractivity contribution in [1.82, 2.24) is 4.90 Å². The first-order valence-electron chi connectivity index (χ1n) is 6.82. The normalized spacial score (nSPS) is 33.0. The van der Waals surface area contributed by atoms with E-state index in [1.807, 2.05) is 0 Å². The zero-order valence-corrected chi connectivity index (χ0v) is 10.1. The first kappa shape index (κ1) is 11.4. The standard InChI is InChI=1S/C13H26N2/c1-2-15(12-6-4-3-5-7-12)13-9-8-11(13)10-14/h11-13H,2-10,14H2,1H3. The predicted molar refractivity (Wildman–Crippen MR) is 64.8 cm³/mol. The van der Waals surface area contributed by atoms with Crippen molar-refractivity contribution in [2.24, 2.45) is 11.7 Å². The SMILES string of the molecule is CCN(C1CCCCC1)C1CCC1CN. The summed E-state index contributed by atoms with van der Waals surface area (Å²) in [5.74, 6) is 0.798. The second kappa shape index (κ2) is 5.31. The highest BCUT2D eigenvalue weighted by molar-refractivity contribution is 4.92. The van der Waals surface area contributed by atoms with Crippen molar-refractivity contribution in [3.63, 3.8) is 0 Å². The fourth-order valence-corrected chi connectivity index (χ4v) is 3.44. The maximum atomic E-state index is 5.82. The molecule has 0 radical (unpaired) electrons. The Morgan fingerprint density at radius 2 is 1.80 bits per heavy atom. The van der Waals surface area contributed by atoms with Crippen molar-refractivity contribution < 1.29 is 0 Å². The molecule has 0 amide bonds. The van der Waals surface area contributed by atoms with E-state index in [0.29, 0.717) is 0 Å². The van der Waals surface area contributed by atoms with E-state index in [4.69, 9.17) is 5.73 Å². The minimum Gasteiger partial charge on any atom is -0.330 e. The molecule has 0 aromatic rings. The van der Waals surface area contributed by atoms with Gasteiger partial charge in [0.25, 0.3) is 0 Å². The van der Waals surface area contributed by atoms with Crippen LogP contribution in [0.25, 0.3) is 0 Å². The van der Waals surface area contributed by atoms with Crippen LogP contribution in [0.5, 0.6) is 0 Å². The summed E-state index contributed by atoms with van der Waals surface area (Å²) in [4.78, 5) is 2.76. The monoisotopic (exact) mass is 210 g/mol. The molecule has 0 aromatic carbocycles. The van der Waals surface area contributed by atoms with Crippen LogP contribution in [0.4, 0.5) is 0 Å². The Hall–Kier alpha value is -0.0800. The summed E-state index contributed by atoms with van der Waals surface area (Å²) < 4.78 is 0. The van der Waals surface area contributed by atoms with E-state index in [9.17, 15) is 0 Å². The fraction of sp³-hybridized carbons (Fsp3) is 1.00. The average Bonchev–Trinajstić information content (AvgIpc) is 2.26. The van der Waals surface area contributed by atoms with E-state index in [1.165, 1.54) is 51.5 Å². The van der Waals surface area contributed by atoms with Gasteiger partial charge in [-0.1, -0.05) is 26.2 Å². The molecule has 2 unspecified atom stereocenters. The van der Waals surface area contributed by atoms with Crippen molar-refractivity contribution >= 4 is 0 Å². The van der Waals surface area contributed by atoms with Crippen LogP contribution in [-0.4, -0.2) is 30.1 Å². The number of nitrogens with zero attached hydrogens (tertiary/aromatic N) is 1. The zero-order chi connectivity index (χ0) is 10.7. The van der Waals surface area contributed by atoms with Gasteiger partial charge in [0.1, 0.15) is 0 Å². The van der Waals surface area contributed by atoms with Gasteiger partial charge in [0.15, 0.2) is 0 Å². The maximum absolute atomic E-state index is 5.82. The summed E-state index contributed by atoms with van der Waals surface area (Å²) >= 11 is 0. The summed E-state index contributed by atoms with van der Waals surface area (Å²) in [7, 11) is 0. The smallest absolute Gasteiger partial charge is 0.0138 e. The fourth-order valence-electron chi connectivity index (χ4n) is 3.44. The topological polar surface area (TPSA) is 29.3 Å². The van der Waals surface area contributed by atoms with Gasteiger partial charge in [0.2, 0.25) is 0 Å². The highest BCUT2D eigenvalue weighted by Gasteiger charge is 2.36. The molecule has 15 heavy (non-hydrogen) atoms. The van der Waals surface area contributed by atoms with E-state index < -0.39 is 0 Å².